The van der Waals surface area contributed by atoms with Crippen molar-refractivity contribution < 1.29 is 9.53 Å². The monoisotopic (exact) mass is 338 g/mol. The molecule has 0 bridgehead atoms. The molecule has 0 heterocycles. The number of hydrogen-bond donors (Lipinski definition) is 0. The molecule has 4 heteroatoms. The second-order valence-electron chi connectivity index (χ2n) is 4.01. The Morgan fingerprint density at radius 2 is 1.74 bits per heavy atom. The first-order valence-corrected chi connectivity index (χ1v) is 7.00. The van der Waals surface area contributed by atoms with Crippen LogP contribution in [0.2, 0.25) is 0 Å². The van der Waals surface area contributed by atoms with Gasteiger partial charge >= 0.3 is 5.97 Å². The molecule has 98 valence electrons. The molecule has 0 radical (unpaired) electrons. The Bertz CT molecular complexity index is 540. The van der Waals surface area contributed by atoms with Gasteiger partial charge in [-0.25, -0.2) is 0 Å². The van der Waals surface area contributed by atoms with Crippen molar-refractivity contribution in [3.63, 3.8) is 0 Å². The highest BCUT2D eigenvalue weighted by atomic mass is 79.9. The fraction of sp³-hybridized carbons (Fsp3) is 0.133. The maximum atomic E-state index is 11.8. The molecule has 0 aromatic heterocycles. The molecule has 0 aliphatic heterocycles. The van der Waals surface area contributed by atoms with Gasteiger partial charge < -0.3 is 4.74 Å². The summed E-state index contributed by atoms with van der Waals surface area (Å²) in [6, 6.07) is 16.8. The van der Waals surface area contributed by atoms with Gasteiger partial charge in [0.1, 0.15) is 6.61 Å². The van der Waals surface area contributed by atoms with E-state index >= 15 is 0 Å². The fourth-order valence-corrected chi connectivity index (χ4v) is 2.04. The van der Waals surface area contributed by atoms with E-state index in [0.29, 0.717) is 0 Å². The number of halogens is 2. The van der Waals surface area contributed by atoms with Crippen LogP contribution in [0.25, 0.3) is 0 Å². The maximum Gasteiger partial charge on any atom is 0.328 e. The summed E-state index contributed by atoms with van der Waals surface area (Å²) in [6.07, 6.45) is 0. The standard InChI is InChI=1S/C15H12BrClO2/c16-13-8-6-11(7-9-13)10-19-15(18)14(17)12-4-2-1-3-5-12/h1-9,14H,10H2/t14-/m1/s1. The van der Waals surface area contributed by atoms with Gasteiger partial charge in [-0.15, -0.1) is 11.6 Å². The van der Waals surface area contributed by atoms with E-state index < -0.39 is 11.3 Å². The largest absolute Gasteiger partial charge is 0.459 e. The van der Waals surface area contributed by atoms with Gasteiger partial charge in [-0.05, 0) is 23.3 Å². The highest BCUT2D eigenvalue weighted by Crippen LogP contribution is 2.22. The highest BCUT2D eigenvalue weighted by Gasteiger charge is 2.18. The van der Waals surface area contributed by atoms with Crippen molar-refractivity contribution in [2.45, 2.75) is 12.0 Å². The summed E-state index contributed by atoms with van der Waals surface area (Å²) < 4.78 is 6.19. The Hall–Kier alpha value is -1.32. The minimum absolute atomic E-state index is 0.224. The van der Waals surface area contributed by atoms with Crippen molar-refractivity contribution in [2.24, 2.45) is 0 Å². The zero-order chi connectivity index (χ0) is 13.7. The van der Waals surface area contributed by atoms with Crippen LogP contribution < -0.4 is 0 Å². The molecule has 19 heavy (non-hydrogen) atoms. The van der Waals surface area contributed by atoms with E-state index in [9.17, 15) is 4.79 Å². The summed E-state index contributed by atoms with van der Waals surface area (Å²) >= 11 is 9.42. The van der Waals surface area contributed by atoms with Crippen LogP contribution in [0.15, 0.2) is 59.1 Å². The van der Waals surface area contributed by atoms with Crippen LogP contribution in [0.3, 0.4) is 0 Å². The molecule has 0 N–H and O–H groups in total. The molecule has 2 aromatic rings. The number of esters is 1. The third kappa shape index (κ3) is 4.08. The molecule has 1 atom stereocenters. The van der Waals surface area contributed by atoms with Crippen molar-refractivity contribution in [1.82, 2.24) is 0 Å². The molecule has 0 saturated heterocycles. The Morgan fingerprint density at radius 3 is 2.37 bits per heavy atom. The van der Waals surface area contributed by atoms with Gasteiger partial charge in [0.2, 0.25) is 0 Å². The molecular weight excluding hydrogens is 328 g/mol. The van der Waals surface area contributed by atoms with Crippen LogP contribution in [0.4, 0.5) is 0 Å². The van der Waals surface area contributed by atoms with Gasteiger partial charge in [-0.1, -0.05) is 58.4 Å². The predicted molar refractivity (Wildman–Crippen MR) is 79.0 cm³/mol. The lowest BCUT2D eigenvalue weighted by molar-refractivity contribution is -0.144. The number of hydrogen-bond acceptors (Lipinski definition) is 2. The van der Waals surface area contributed by atoms with E-state index in [4.69, 9.17) is 16.3 Å². The second kappa shape index (κ2) is 6.73. The minimum Gasteiger partial charge on any atom is -0.459 e. The molecule has 0 spiro atoms. The van der Waals surface area contributed by atoms with Crippen molar-refractivity contribution in [1.29, 1.82) is 0 Å². The number of carbonyl (C=O) groups excluding carboxylic acids is 1. The Morgan fingerprint density at radius 1 is 1.11 bits per heavy atom. The van der Waals surface area contributed by atoms with Gasteiger partial charge in [0.25, 0.3) is 0 Å². The van der Waals surface area contributed by atoms with Crippen LogP contribution in [0.1, 0.15) is 16.5 Å². The lowest BCUT2D eigenvalue weighted by Crippen LogP contribution is -2.11. The molecule has 2 nitrogen and oxygen atoms in total. The zero-order valence-corrected chi connectivity index (χ0v) is 12.4. The third-order valence-electron chi connectivity index (χ3n) is 2.59. The third-order valence-corrected chi connectivity index (χ3v) is 3.55. The van der Waals surface area contributed by atoms with Crippen molar-refractivity contribution in [3.8, 4) is 0 Å². The van der Waals surface area contributed by atoms with Crippen LogP contribution >= 0.6 is 27.5 Å². The minimum atomic E-state index is -0.767. The average molecular weight is 340 g/mol. The van der Waals surface area contributed by atoms with Crippen molar-refractivity contribution in [3.05, 3.63) is 70.2 Å². The topological polar surface area (TPSA) is 26.3 Å². The van der Waals surface area contributed by atoms with E-state index in [-0.39, 0.29) is 6.61 Å². The Labute approximate surface area is 125 Å². The van der Waals surface area contributed by atoms with Gasteiger partial charge in [0.05, 0.1) is 0 Å². The Balaban J connectivity index is 1.93. The SMILES string of the molecule is O=C(OCc1ccc(Br)cc1)[C@H](Cl)c1ccccc1. The summed E-state index contributed by atoms with van der Waals surface area (Å²) in [6.45, 7) is 0.224. The van der Waals surface area contributed by atoms with Crippen LogP contribution in [-0.2, 0) is 16.1 Å². The van der Waals surface area contributed by atoms with Crippen LogP contribution in [0.5, 0.6) is 0 Å². The maximum absolute atomic E-state index is 11.8. The smallest absolute Gasteiger partial charge is 0.328 e. The second-order valence-corrected chi connectivity index (χ2v) is 5.36. The predicted octanol–water partition coefficient (Wildman–Crippen LogP) is 4.47. The van der Waals surface area contributed by atoms with Gasteiger partial charge in [-0.2, -0.15) is 0 Å². The summed E-state index contributed by atoms with van der Waals surface area (Å²) in [5.74, 6) is -0.434. The van der Waals surface area contributed by atoms with Gasteiger partial charge in [-0.3, -0.25) is 4.79 Å². The summed E-state index contributed by atoms with van der Waals surface area (Å²) in [5.41, 5.74) is 1.67. The highest BCUT2D eigenvalue weighted by molar-refractivity contribution is 9.10. The average Bonchev–Trinajstić information content (AvgIpc) is 2.46. The summed E-state index contributed by atoms with van der Waals surface area (Å²) in [7, 11) is 0. The first-order chi connectivity index (χ1) is 9.16. The van der Waals surface area contributed by atoms with Gasteiger partial charge in [0, 0.05) is 4.47 Å². The molecule has 0 saturated carbocycles. The quantitative estimate of drug-likeness (QED) is 0.607. The van der Waals surface area contributed by atoms with Crippen molar-refractivity contribution >= 4 is 33.5 Å². The Kier molecular flexibility index (Phi) is 5.00. The summed E-state index contributed by atoms with van der Waals surface area (Å²) in [5, 5.41) is -0.767. The first kappa shape index (κ1) is 14.1. The van der Waals surface area contributed by atoms with Crippen molar-refractivity contribution in [2.75, 3.05) is 0 Å². The zero-order valence-electron chi connectivity index (χ0n) is 10.1. The molecule has 0 aliphatic carbocycles. The first-order valence-electron chi connectivity index (χ1n) is 5.77. The van der Waals surface area contributed by atoms with E-state index in [1.165, 1.54) is 0 Å². The molecule has 2 rings (SSSR count). The summed E-state index contributed by atoms with van der Waals surface area (Å²) in [4.78, 5) is 11.8. The normalized spacial score (nSPS) is 11.9. The molecule has 0 aliphatic rings. The number of rotatable bonds is 4. The molecular formula is C15H12BrClO2. The van der Waals surface area contributed by atoms with E-state index in [2.05, 4.69) is 15.9 Å². The lowest BCUT2D eigenvalue weighted by Gasteiger charge is -2.10. The fourth-order valence-electron chi connectivity index (χ4n) is 1.57. The number of ether oxygens (including phenoxy) is 1. The van der Waals surface area contributed by atoms with E-state index in [1.54, 1.807) is 12.1 Å². The molecule has 0 fully saturated rings. The van der Waals surface area contributed by atoms with Crippen LogP contribution in [-0.4, -0.2) is 5.97 Å². The molecule has 0 amide bonds. The van der Waals surface area contributed by atoms with Gasteiger partial charge in [0.15, 0.2) is 5.38 Å². The molecule has 2 aromatic carbocycles. The van der Waals surface area contributed by atoms with E-state index in [1.807, 2.05) is 42.5 Å². The number of alkyl halides is 1. The van der Waals surface area contributed by atoms with Crippen LogP contribution in [0, 0.1) is 0 Å². The molecule has 0 unspecified atom stereocenters. The number of benzene rings is 2. The lowest BCUT2D eigenvalue weighted by atomic mass is 10.1. The van der Waals surface area contributed by atoms with E-state index in [0.717, 1.165) is 15.6 Å². The number of carbonyl (C=O) groups is 1.